The number of ether oxygens (including phenoxy) is 3. The van der Waals surface area contributed by atoms with Crippen LogP contribution in [0.25, 0.3) is 0 Å². The van der Waals surface area contributed by atoms with Gasteiger partial charge in [-0.15, -0.1) is 0 Å². The van der Waals surface area contributed by atoms with E-state index in [2.05, 4.69) is 25.9 Å². The van der Waals surface area contributed by atoms with Gasteiger partial charge in [-0.2, -0.15) is 10.2 Å². The van der Waals surface area contributed by atoms with Gasteiger partial charge in [-0.3, -0.25) is 14.6 Å². The second-order valence-corrected chi connectivity index (χ2v) is 9.28. The van der Waals surface area contributed by atoms with Crippen molar-refractivity contribution in [3.05, 3.63) is 29.2 Å². The number of alkyl carbamates (subject to hydrolysis) is 1. The number of carbonyl (C=O) groups excluding carboxylic acids is 2. The van der Waals surface area contributed by atoms with Gasteiger partial charge >= 0.3 is 6.09 Å². The number of H-pyrrole nitrogens is 1. The number of aromatic amines is 1. The maximum Gasteiger partial charge on any atom is 0.407 e. The molecule has 0 bridgehead atoms. The first-order valence-electron chi connectivity index (χ1n) is 10.8. The lowest BCUT2D eigenvalue weighted by Crippen LogP contribution is -2.42. The Morgan fingerprint density at radius 1 is 1.28 bits per heavy atom. The molecule has 3 heterocycles. The molecule has 2 aromatic rings. The molecule has 3 N–H and O–H groups in total. The van der Waals surface area contributed by atoms with Crippen molar-refractivity contribution in [3.63, 3.8) is 0 Å². The van der Waals surface area contributed by atoms with Crippen LogP contribution in [0, 0.1) is 0 Å². The Bertz CT molecular complexity index is 974. The van der Waals surface area contributed by atoms with Crippen molar-refractivity contribution < 1.29 is 23.8 Å². The zero-order valence-corrected chi connectivity index (χ0v) is 18.8. The van der Waals surface area contributed by atoms with E-state index in [-0.39, 0.29) is 23.7 Å². The molecule has 11 nitrogen and oxygen atoms in total. The second kappa shape index (κ2) is 8.91. The van der Waals surface area contributed by atoms with E-state index in [1.165, 1.54) is 4.68 Å². The highest BCUT2D eigenvalue weighted by molar-refractivity contribution is 6.02. The minimum Gasteiger partial charge on any atom is -0.444 e. The fourth-order valence-corrected chi connectivity index (χ4v) is 3.38. The van der Waals surface area contributed by atoms with Gasteiger partial charge in [-0.1, -0.05) is 0 Å². The lowest BCUT2D eigenvalue weighted by molar-refractivity contribution is 0.0661. The maximum absolute atomic E-state index is 12.7. The van der Waals surface area contributed by atoms with Crippen LogP contribution in [0.1, 0.15) is 68.0 Å². The molecule has 4 rings (SSSR count). The Kier molecular flexibility index (Phi) is 6.20. The van der Waals surface area contributed by atoms with Crippen LogP contribution in [0.5, 0.6) is 0 Å². The molecule has 2 unspecified atom stereocenters. The van der Waals surface area contributed by atoms with Crippen LogP contribution in [0.4, 0.5) is 10.6 Å². The summed E-state index contributed by atoms with van der Waals surface area (Å²) in [7, 11) is 1.72. The topological polar surface area (TPSA) is 132 Å². The molecular formula is C21H30N6O5. The Labute approximate surface area is 186 Å². The Balaban J connectivity index is 1.29. The lowest BCUT2D eigenvalue weighted by atomic mass is 10.1. The van der Waals surface area contributed by atoms with Crippen molar-refractivity contribution in [2.45, 2.75) is 70.5 Å². The molecule has 32 heavy (non-hydrogen) atoms. The van der Waals surface area contributed by atoms with Crippen LogP contribution in [0.15, 0.2) is 12.1 Å². The average molecular weight is 447 g/mol. The van der Waals surface area contributed by atoms with E-state index in [1.807, 2.05) is 20.8 Å². The molecule has 1 aliphatic carbocycles. The number of rotatable bonds is 7. The van der Waals surface area contributed by atoms with E-state index in [1.54, 1.807) is 19.2 Å². The molecule has 11 heteroatoms. The predicted molar refractivity (Wildman–Crippen MR) is 114 cm³/mol. The van der Waals surface area contributed by atoms with Gasteiger partial charge in [-0.25, -0.2) is 4.79 Å². The van der Waals surface area contributed by atoms with E-state index in [9.17, 15) is 9.59 Å². The third kappa shape index (κ3) is 5.86. The van der Waals surface area contributed by atoms with E-state index in [4.69, 9.17) is 14.2 Å². The van der Waals surface area contributed by atoms with Gasteiger partial charge in [0.25, 0.3) is 5.91 Å². The van der Waals surface area contributed by atoms with Gasteiger partial charge in [0.15, 0.2) is 5.82 Å². The van der Waals surface area contributed by atoms with Crippen LogP contribution >= 0.6 is 0 Å². The van der Waals surface area contributed by atoms with Crippen LogP contribution in [-0.2, 0) is 27.9 Å². The number of nitrogens with zero attached hydrogens (tertiary/aromatic N) is 3. The molecule has 2 amide bonds. The predicted octanol–water partition coefficient (Wildman–Crippen LogP) is 2.43. The zero-order valence-electron chi connectivity index (χ0n) is 18.8. The summed E-state index contributed by atoms with van der Waals surface area (Å²) in [5, 5.41) is 16.9. The molecule has 2 fully saturated rings. The van der Waals surface area contributed by atoms with Crippen molar-refractivity contribution in [3.8, 4) is 0 Å². The van der Waals surface area contributed by atoms with E-state index < -0.39 is 6.09 Å². The highest BCUT2D eigenvalue weighted by atomic mass is 16.6. The number of aromatic nitrogens is 4. The van der Waals surface area contributed by atoms with Crippen molar-refractivity contribution in [1.82, 2.24) is 25.3 Å². The largest absolute Gasteiger partial charge is 0.444 e. The van der Waals surface area contributed by atoms with Gasteiger partial charge in [0.2, 0.25) is 0 Å². The summed E-state index contributed by atoms with van der Waals surface area (Å²) < 4.78 is 18.3. The molecule has 1 aliphatic heterocycles. The first-order chi connectivity index (χ1) is 15.2. The van der Waals surface area contributed by atoms with Gasteiger partial charge in [0.05, 0.1) is 30.7 Å². The Morgan fingerprint density at radius 2 is 2.06 bits per heavy atom. The quantitative estimate of drug-likeness (QED) is 0.595. The third-order valence-electron chi connectivity index (χ3n) is 5.05. The highest BCUT2D eigenvalue weighted by Gasteiger charge is 2.32. The maximum atomic E-state index is 12.7. The van der Waals surface area contributed by atoms with E-state index in [0.717, 1.165) is 12.8 Å². The monoisotopic (exact) mass is 446 g/mol. The summed E-state index contributed by atoms with van der Waals surface area (Å²) in [5.41, 5.74) is 1.46. The third-order valence-corrected chi connectivity index (χ3v) is 5.05. The molecule has 2 atom stereocenters. The molecule has 174 valence electrons. The average Bonchev–Trinajstić information content (AvgIpc) is 3.06. The molecule has 0 radical (unpaired) electrons. The smallest absolute Gasteiger partial charge is 0.407 e. The standard InChI is InChI=1S/C21H30N6O5/c1-21(2,3)23-20(29)32-14-8-17(31-11-14)15-9-18(25-24-15)22-19(28)16-7-12(26-27(16)4)10-30-13-5-6-13/h7,9,13-14,17H,5-6,8,10-11H2,1-4H3,(H,23,29)(H2,22,24,25,28). The van der Waals surface area contributed by atoms with Crippen LogP contribution in [-0.4, -0.2) is 56.3 Å². The SMILES string of the molecule is Cn1nc(COC2CC2)cc1C(=O)Nc1cc(C2CC(OC(=O)NC(C)(C)C)CO2)[nH]n1. The van der Waals surface area contributed by atoms with Gasteiger partial charge in [0.1, 0.15) is 17.9 Å². The molecule has 1 saturated heterocycles. The fraction of sp³-hybridized carbons (Fsp3) is 0.619. The Hall–Kier alpha value is -2.92. The number of hydrogen-bond acceptors (Lipinski definition) is 7. The summed E-state index contributed by atoms with van der Waals surface area (Å²) in [6.45, 7) is 6.35. The molecule has 0 spiro atoms. The number of anilines is 1. The summed E-state index contributed by atoms with van der Waals surface area (Å²) in [5.74, 6) is 0.0588. The van der Waals surface area contributed by atoms with Gasteiger partial charge < -0.3 is 24.8 Å². The zero-order chi connectivity index (χ0) is 22.9. The minimum absolute atomic E-state index is 0.295. The summed E-state index contributed by atoms with van der Waals surface area (Å²) in [4.78, 5) is 24.6. The number of aryl methyl sites for hydroxylation is 1. The second-order valence-electron chi connectivity index (χ2n) is 9.28. The number of carbonyl (C=O) groups is 2. The first kappa shape index (κ1) is 22.3. The highest BCUT2D eigenvalue weighted by Crippen LogP contribution is 2.30. The van der Waals surface area contributed by atoms with Crippen LogP contribution in [0.2, 0.25) is 0 Å². The first-order valence-corrected chi connectivity index (χ1v) is 10.8. The summed E-state index contributed by atoms with van der Waals surface area (Å²) >= 11 is 0. The van der Waals surface area contributed by atoms with Crippen LogP contribution < -0.4 is 10.6 Å². The van der Waals surface area contributed by atoms with Crippen molar-refractivity contribution >= 4 is 17.8 Å². The molecule has 2 aromatic heterocycles. The molecule has 2 aliphatic rings. The molecule has 1 saturated carbocycles. The number of hydrogen-bond donors (Lipinski definition) is 3. The fourth-order valence-electron chi connectivity index (χ4n) is 3.38. The Morgan fingerprint density at radius 3 is 2.78 bits per heavy atom. The summed E-state index contributed by atoms with van der Waals surface area (Å²) in [6, 6.07) is 3.43. The normalized spacial score (nSPS) is 20.9. The molecular weight excluding hydrogens is 416 g/mol. The summed E-state index contributed by atoms with van der Waals surface area (Å²) in [6.07, 6.45) is 1.87. The number of amides is 2. The number of nitrogens with one attached hydrogen (secondary N) is 3. The van der Waals surface area contributed by atoms with E-state index >= 15 is 0 Å². The van der Waals surface area contributed by atoms with Crippen molar-refractivity contribution in [2.75, 3.05) is 11.9 Å². The van der Waals surface area contributed by atoms with Crippen LogP contribution in [0.3, 0.4) is 0 Å². The lowest BCUT2D eigenvalue weighted by Gasteiger charge is -2.21. The van der Waals surface area contributed by atoms with Crippen molar-refractivity contribution in [1.29, 1.82) is 0 Å². The van der Waals surface area contributed by atoms with E-state index in [0.29, 0.717) is 48.6 Å². The van der Waals surface area contributed by atoms with Gasteiger partial charge in [-0.05, 0) is 39.7 Å². The minimum atomic E-state index is -0.470. The van der Waals surface area contributed by atoms with Gasteiger partial charge in [0, 0.05) is 25.1 Å². The van der Waals surface area contributed by atoms with Crippen molar-refractivity contribution in [2.24, 2.45) is 7.05 Å². The molecule has 0 aromatic carbocycles.